The summed E-state index contributed by atoms with van der Waals surface area (Å²) in [7, 11) is -4.39. The Bertz CT molecular complexity index is 616. The molecule has 0 bridgehead atoms. The predicted molar refractivity (Wildman–Crippen MR) is 65.3 cm³/mol. The first-order valence-electron chi connectivity index (χ1n) is 4.99. The van der Waals surface area contributed by atoms with Crippen LogP contribution in [0, 0.1) is 0 Å². The highest BCUT2D eigenvalue weighted by Gasteiger charge is 2.65. The summed E-state index contributed by atoms with van der Waals surface area (Å²) < 4.78 is 64.1. The molecule has 0 amide bonds. The molecular weight excluding hydrogens is 373 g/mol. The van der Waals surface area contributed by atoms with Gasteiger partial charge in [-0.25, -0.2) is 13.4 Å². The summed E-state index contributed by atoms with van der Waals surface area (Å²) in [6.45, 7) is 0. The van der Waals surface area contributed by atoms with Gasteiger partial charge in [-0.2, -0.15) is 17.9 Å². The molecule has 0 spiro atoms. The van der Waals surface area contributed by atoms with Crippen molar-refractivity contribution in [1.29, 1.82) is 0 Å². The van der Waals surface area contributed by atoms with E-state index >= 15 is 0 Å². The molecule has 106 valence electrons. The van der Waals surface area contributed by atoms with Gasteiger partial charge in [0.2, 0.25) is 10.0 Å². The lowest BCUT2D eigenvalue weighted by Crippen LogP contribution is -2.47. The number of aromatic nitrogens is 1. The summed E-state index contributed by atoms with van der Waals surface area (Å²) in [6, 6.07) is 1.10. The van der Waals surface area contributed by atoms with Crippen molar-refractivity contribution in [3.8, 4) is 0 Å². The monoisotopic (exact) mass is 378 g/mol. The van der Waals surface area contributed by atoms with Crippen LogP contribution in [-0.4, -0.2) is 25.1 Å². The van der Waals surface area contributed by atoms with E-state index in [1.165, 1.54) is 6.20 Å². The van der Waals surface area contributed by atoms with E-state index in [2.05, 4.69) is 20.9 Å². The van der Waals surface area contributed by atoms with E-state index < -0.39 is 26.6 Å². The van der Waals surface area contributed by atoms with E-state index in [9.17, 15) is 21.6 Å². The molecule has 0 aromatic carbocycles. The molecule has 1 heterocycles. The number of nitrogens with one attached hydrogen (secondary N) is 1. The molecular formula is C9H7BrClF3N2O2S. The zero-order valence-electron chi connectivity index (χ0n) is 9.13. The largest absolute Gasteiger partial charge is 0.407 e. The lowest BCUT2D eigenvalue weighted by molar-refractivity contribution is -0.160. The van der Waals surface area contributed by atoms with E-state index in [4.69, 9.17) is 11.6 Å². The molecule has 0 atom stereocenters. The first-order chi connectivity index (χ1) is 8.57. The maximum Gasteiger partial charge on any atom is 0.407 e. The van der Waals surface area contributed by atoms with E-state index in [1.54, 1.807) is 4.72 Å². The Balaban J connectivity index is 2.37. The van der Waals surface area contributed by atoms with Crippen LogP contribution in [0.5, 0.6) is 0 Å². The van der Waals surface area contributed by atoms with Crippen LogP contribution in [0.3, 0.4) is 0 Å². The molecule has 4 nitrogen and oxygen atoms in total. The number of rotatable bonds is 3. The SMILES string of the molecule is O=S(=O)(NC1(C(F)(F)F)CC1)c1cc(Br)cnc1Cl. The van der Waals surface area contributed by atoms with Crippen molar-refractivity contribution in [2.45, 2.75) is 29.5 Å². The van der Waals surface area contributed by atoms with Crippen LogP contribution < -0.4 is 4.72 Å². The maximum absolute atomic E-state index is 12.7. The van der Waals surface area contributed by atoms with Crippen LogP contribution in [0.1, 0.15) is 12.8 Å². The zero-order valence-corrected chi connectivity index (χ0v) is 12.3. The quantitative estimate of drug-likeness (QED) is 0.822. The minimum absolute atomic E-state index is 0.283. The second kappa shape index (κ2) is 4.57. The molecule has 1 saturated carbocycles. The Morgan fingerprint density at radius 1 is 1.42 bits per heavy atom. The van der Waals surface area contributed by atoms with Crippen LogP contribution in [0.4, 0.5) is 13.2 Å². The summed E-state index contributed by atoms with van der Waals surface area (Å²) in [5.74, 6) is 0. The average molecular weight is 380 g/mol. The van der Waals surface area contributed by atoms with Crippen LogP contribution in [0.15, 0.2) is 21.6 Å². The fourth-order valence-corrected chi connectivity index (χ4v) is 3.86. The van der Waals surface area contributed by atoms with Crippen molar-refractivity contribution < 1.29 is 21.6 Å². The molecule has 0 aliphatic heterocycles. The predicted octanol–water partition coefficient (Wildman–Crippen LogP) is 2.87. The molecule has 1 aliphatic carbocycles. The Labute approximate surface area is 120 Å². The van der Waals surface area contributed by atoms with Crippen molar-refractivity contribution in [3.63, 3.8) is 0 Å². The third kappa shape index (κ3) is 2.88. The first kappa shape index (κ1) is 15.0. The maximum atomic E-state index is 12.7. The van der Waals surface area contributed by atoms with Gasteiger partial charge in [-0.3, -0.25) is 0 Å². The van der Waals surface area contributed by atoms with Crippen molar-refractivity contribution in [1.82, 2.24) is 9.71 Å². The van der Waals surface area contributed by atoms with Gasteiger partial charge in [0.1, 0.15) is 15.6 Å². The van der Waals surface area contributed by atoms with Gasteiger partial charge in [0.25, 0.3) is 0 Å². The Morgan fingerprint density at radius 3 is 2.47 bits per heavy atom. The van der Waals surface area contributed by atoms with Crippen molar-refractivity contribution in [2.75, 3.05) is 0 Å². The normalized spacial score (nSPS) is 18.4. The van der Waals surface area contributed by atoms with E-state index in [0.717, 1.165) is 6.07 Å². The smallest absolute Gasteiger partial charge is 0.242 e. The Hall–Kier alpha value is -0.380. The van der Waals surface area contributed by atoms with Gasteiger partial charge in [0.15, 0.2) is 0 Å². The molecule has 10 heteroatoms. The molecule has 1 N–H and O–H groups in total. The second-order valence-electron chi connectivity index (χ2n) is 4.13. The number of alkyl halides is 3. The van der Waals surface area contributed by atoms with Crippen molar-refractivity contribution in [2.24, 2.45) is 0 Å². The summed E-state index contributed by atoms with van der Waals surface area (Å²) in [4.78, 5) is 3.09. The molecule has 1 fully saturated rings. The fourth-order valence-electron chi connectivity index (χ4n) is 1.47. The Kier molecular flexibility index (Phi) is 3.62. The molecule has 0 unspecified atom stereocenters. The number of hydrogen-bond donors (Lipinski definition) is 1. The lowest BCUT2D eigenvalue weighted by Gasteiger charge is -2.20. The molecule has 0 saturated heterocycles. The number of hydrogen-bond acceptors (Lipinski definition) is 3. The summed E-state index contributed by atoms with van der Waals surface area (Å²) in [6.07, 6.45) is -3.95. The highest BCUT2D eigenvalue weighted by molar-refractivity contribution is 9.10. The molecule has 1 aromatic rings. The fraction of sp³-hybridized carbons (Fsp3) is 0.444. The molecule has 1 aromatic heterocycles. The van der Waals surface area contributed by atoms with Crippen LogP contribution in [0.2, 0.25) is 5.15 Å². The minimum atomic E-state index is -4.63. The average Bonchev–Trinajstić information content (AvgIpc) is 3.01. The van der Waals surface area contributed by atoms with Gasteiger partial charge < -0.3 is 0 Å². The third-order valence-electron chi connectivity index (χ3n) is 2.69. The Morgan fingerprint density at radius 2 is 2.00 bits per heavy atom. The highest BCUT2D eigenvalue weighted by atomic mass is 79.9. The number of pyridine rings is 1. The van der Waals surface area contributed by atoms with Gasteiger partial charge in [-0.15, -0.1) is 0 Å². The van der Waals surface area contributed by atoms with Crippen molar-refractivity contribution >= 4 is 37.6 Å². The van der Waals surface area contributed by atoms with Crippen molar-refractivity contribution in [3.05, 3.63) is 21.9 Å². The van der Waals surface area contributed by atoms with Crippen LogP contribution in [0.25, 0.3) is 0 Å². The molecule has 2 rings (SSSR count). The number of sulfonamides is 1. The highest BCUT2D eigenvalue weighted by Crippen LogP contribution is 2.49. The number of halogens is 5. The van der Waals surface area contributed by atoms with Gasteiger partial charge in [-0.05, 0) is 34.8 Å². The third-order valence-corrected chi connectivity index (χ3v) is 5.08. The minimum Gasteiger partial charge on any atom is -0.242 e. The number of nitrogens with zero attached hydrogens (tertiary/aromatic N) is 1. The zero-order chi connectivity index (χ0) is 14.5. The van der Waals surface area contributed by atoms with Crippen LogP contribution >= 0.6 is 27.5 Å². The van der Waals surface area contributed by atoms with Gasteiger partial charge in [0, 0.05) is 10.7 Å². The van der Waals surface area contributed by atoms with Gasteiger partial charge in [-0.1, -0.05) is 11.6 Å². The standard InChI is InChI=1S/C9H7BrClF3N2O2S/c10-5-3-6(7(11)15-4-5)19(17,18)16-8(1-2-8)9(12,13)14/h3-4,16H,1-2H2. The molecule has 19 heavy (non-hydrogen) atoms. The van der Waals surface area contributed by atoms with Crippen LogP contribution in [-0.2, 0) is 10.0 Å². The van der Waals surface area contributed by atoms with E-state index in [-0.39, 0.29) is 18.0 Å². The summed E-state index contributed by atoms with van der Waals surface area (Å²) in [5, 5.41) is -0.381. The van der Waals surface area contributed by atoms with Gasteiger partial charge >= 0.3 is 6.18 Å². The summed E-state index contributed by atoms with van der Waals surface area (Å²) in [5.41, 5.74) is -2.38. The topological polar surface area (TPSA) is 59.1 Å². The summed E-state index contributed by atoms with van der Waals surface area (Å²) >= 11 is 8.60. The lowest BCUT2D eigenvalue weighted by atomic mass is 10.3. The first-order valence-corrected chi connectivity index (χ1v) is 7.65. The second-order valence-corrected chi connectivity index (χ2v) is 7.05. The molecule has 1 aliphatic rings. The van der Waals surface area contributed by atoms with E-state index in [0.29, 0.717) is 4.47 Å². The van der Waals surface area contributed by atoms with Gasteiger partial charge in [0.05, 0.1) is 0 Å². The van der Waals surface area contributed by atoms with E-state index in [1.807, 2.05) is 0 Å². The molecule has 0 radical (unpaired) electrons.